The van der Waals surface area contributed by atoms with Crippen LogP contribution < -0.4 is 0 Å². The molecule has 0 radical (unpaired) electrons. The van der Waals surface area contributed by atoms with Crippen molar-refractivity contribution in [1.82, 2.24) is 0 Å². The van der Waals surface area contributed by atoms with E-state index in [1.54, 1.807) is 0 Å². The zero-order valence-corrected chi connectivity index (χ0v) is 14.4. The lowest BCUT2D eigenvalue weighted by Gasteiger charge is -1.98. The summed E-state index contributed by atoms with van der Waals surface area (Å²) in [5, 5.41) is 0.761. The van der Waals surface area contributed by atoms with Crippen LogP contribution in [0.4, 0.5) is 0 Å². The second-order valence-corrected chi connectivity index (χ2v) is 6.23. The molecule has 3 aromatic rings. The third-order valence-corrected chi connectivity index (χ3v) is 4.07. The number of benzene rings is 3. The lowest BCUT2D eigenvalue weighted by atomic mass is 10.1. The SMILES string of the molecule is Cc1ccc(/C=C/c2ccc(/C=C/c3ccc(Cl)cc3)cc2)cc1. The molecule has 0 spiro atoms. The molecule has 0 unspecified atom stereocenters. The van der Waals surface area contributed by atoms with E-state index in [9.17, 15) is 0 Å². The van der Waals surface area contributed by atoms with Crippen LogP contribution in [0.2, 0.25) is 5.02 Å². The first kappa shape index (κ1) is 16.3. The topological polar surface area (TPSA) is 0 Å². The first-order valence-corrected chi connectivity index (χ1v) is 8.35. The van der Waals surface area contributed by atoms with Crippen LogP contribution in [0.15, 0.2) is 72.8 Å². The van der Waals surface area contributed by atoms with E-state index in [2.05, 4.69) is 79.8 Å². The van der Waals surface area contributed by atoms with Gasteiger partial charge in [0.15, 0.2) is 0 Å². The van der Waals surface area contributed by atoms with Crippen molar-refractivity contribution >= 4 is 35.9 Å². The molecule has 0 aliphatic carbocycles. The summed E-state index contributed by atoms with van der Waals surface area (Å²) < 4.78 is 0. The lowest BCUT2D eigenvalue weighted by Crippen LogP contribution is -1.76. The third kappa shape index (κ3) is 4.71. The molecule has 0 aliphatic rings. The van der Waals surface area contributed by atoms with E-state index in [0.717, 1.165) is 10.6 Å². The van der Waals surface area contributed by atoms with Gasteiger partial charge in [-0.3, -0.25) is 0 Å². The molecule has 0 saturated heterocycles. The van der Waals surface area contributed by atoms with Gasteiger partial charge in [-0.1, -0.05) is 102 Å². The smallest absolute Gasteiger partial charge is 0.0406 e. The highest BCUT2D eigenvalue weighted by molar-refractivity contribution is 6.30. The molecule has 0 heterocycles. The normalized spacial score (nSPS) is 11.4. The Morgan fingerprint density at radius 2 is 0.792 bits per heavy atom. The highest BCUT2D eigenvalue weighted by atomic mass is 35.5. The van der Waals surface area contributed by atoms with Crippen LogP contribution in [0.5, 0.6) is 0 Å². The fraction of sp³-hybridized carbons (Fsp3) is 0.0435. The molecule has 3 rings (SSSR count). The van der Waals surface area contributed by atoms with Crippen LogP contribution in [0, 0.1) is 6.92 Å². The first-order valence-electron chi connectivity index (χ1n) is 7.97. The molecule has 1 heteroatoms. The number of halogens is 1. The molecular formula is C23H19Cl. The van der Waals surface area contributed by atoms with Gasteiger partial charge < -0.3 is 0 Å². The van der Waals surface area contributed by atoms with Gasteiger partial charge in [-0.25, -0.2) is 0 Å². The van der Waals surface area contributed by atoms with Crippen LogP contribution in [0.1, 0.15) is 27.8 Å². The maximum Gasteiger partial charge on any atom is 0.0406 e. The van der Waals surface area contributed by atoms with Crippen molar-refractivity contribution in [3.63, 3.8) is 0 Å². The highest BCUT2D eigenvalue weighted by Crippen LogP contribution is 2.14. The Kier molecular flexibility index (Phi) is 5.30. The molecule has 0 nitrogen and oxygen atoms in total. The van der Waals surface area contributed by atoms with Gasteiger partial charge in [-0.2, -0.15) is 0 Å². The van der Waals surface area contributed by atoms with Crippen LogP contribution in [-0.4, -0.2) is 0 Å². The van der Waals surface area contributed by atoms with Gasteiger partial charge in [0.05, 0.1) is 0 Å². The minimum atomic E-state index is 0.761. The summed E-state index contributed by atoms with van der Waals surface area (Å²) in [7, 11) is 0. The van der Waals surface area contributed by atoms with Gasteiger partial charge in [0.2, 0.25) is 0 Å². The molecule has 3 aromatic carbocycles. The molecule has 0 aliphatic heterocycles. The van der Waals surface area contributed by atoms with Crippen molar-refractivity contribution in [1.29, 1.82) is 0 Å². The average Bonchev–Trinajstić information content (AvgIpc) is 2.62. The Bertz CT molecular complexity index is 762. The monoisotopic (exact) mass is 330 g/mol. The second kappa shape index (κ2) is 7.81. The summed E-state index contributed by atoms with van der Waals surface area (Å²) in [4.78, 5) is 0. The van der Waals surface area contributed by atoms with E-state index >= 15 is 0 Å². The molecule has 24 heavy (non-hydrogen) atoms. The van der Waals surface area contributed by atoms with Crippen molar-refractivity contribution in [2.24, 2.45) is 0 Å². The molecule has 0 N–H and O–H groups in total. The van der Waals surface area contributed by atoms with Crippen LogP contribution in [0.25, 0.3) is 24.3 Å². The van der Waals surface area contributed by atoms with Crippen molar-refractivity contribution in [3.8, 4) is 0 Å². The predicted molar refractivity (Wildman–Crippen MR) is 107 cm³/mol. The number of hydrogen-bond donors (Lipinski definition) is 0. The minimum Gasteiger partial charge on any atom is -0.0843 e. The van der Waals surface area contributed by atoms with Gasteiger partial charge in [-0.05, 0) is 41.3 Å². The summed E-state index contributed by atoms with van der Waals surface area (Å²) in [5.74, 6) is 0. The van der Waals surface area contributed by atoms with E-state index in [4.69, 9.17) is 11.6 Å². The standard InChI is InChI=1S/C23H19Cl/c1-18-2-4-19(5-3-18)6-7-20-8-10-21(11-9-20)12-13-22-14-16-23(24)17-15-22/h2-17H,1H3/b7-6+,13-12+. The molecule has 0 aromatic heterocycles. The van der Waals surface area contributed by atoms with E-state index in [1.165, 1.54) is 22.3 Å². The molecule has 0 amide bonds. The fourth-order valence-electron chi connectivity index (χ4n) is 2.35. The largest absolute Gasteiger partial charge is 0.0843 e. The Balaban J connectivity index is 1.66. The van der Waals surface area contributed by atoms with Gasteiger partial charge in [0, 0.05) is 5.02 Å². The third-order valence-electron chi connectivity index (χ3n) is 3.82. The Labute approximate surface area is 148 Å². The van der Waals surface area contributed by atoms with Gasteiger partial charge in [0.25, 0.3) is 0 Å². The van der Waals surface area contributed by atoms with E-state index in [1.807, 2.05) is 24.3 Å². The zero-order valence-electron chi connectivity index (χ0n) is 13.6. The maximum absolute atomic E-state index is 5.90. The minimum absolute atomic E-state index is 0.761. The summed E-state index contributed by atoms with van der Waals surface area (Å²) in [6.07, 6.45) is 8.47. The highest BCUT2D eigenvalue weighted by Gasteiger charge is 1.92. The molecule has 0 saturated carbocycles. The Morgan fingerprint density at radius 3 is 1.17 bits per heavy atom. The predicted octanol–water partition coefficient (Wildman–Crippen LogP) is 6.99. The van der Waals surface area contributed by atoms with Gasteiger partial charge in [-0.15, -0.1) is 0 Å². The first-order chi connectivity index (χ1) is 11.7. The summed E-state index contributed by atoms with van der Waals surface area (Å²) in [5.41, 5.74) is 6.01. The van der Waals surface area contributed by atoms with Crippen molar-refractivity contribution in [3.05, 3.63) is 106 Å². The van der Waals surface area contributed by atoms with Crippen molar-refractivity contribution in [2.75, 3.05) is 0 Å². The fourth-order valence-corrected chi connectivity index (χ4v) is 2.48. The molecule has 0 atom stereocenters. The van der Waals surface area contributed by atoms with Crippen molar-refractivity contribution < 1.29 is 0 Å². The Hall–Kier alpha value is -2.57. The van der Waals surface area contributed by atoms with Crippen LogP contribution in [0.3, 0.4) is 0 Å². The van der Waals surface area contributed by atoms with Gasteiger partial charge in [0.1, 0.15) is 0 Å². The van der Waals surface area contributed by atoms with E-state index in [0.29, 0.717) is 0 Å². The second-order valence-electron chi connectivity index (χ2n) is 5.80. The lowest BCUT2D eigenvalue weighted by molar-refractivity contribution is 1.46. The Morgan fingerprint density at radius 1 is 0.500 bits per heavy atom. The quantitative estimate of drug-likeness (QED) is 0.452. The van der Waals surface area contributed by atoms with Crippen molar-refractivity contribution in [2.45, 2.75) is 6.92 Å². The van der Waals surface area contributed by atoms with E-state index < -0.39 is 0 Å². The van der Waals surface area contributed by atoms with Crippen LogP contribution >= 0.6 is 11.6 Å². The number of rotatable bonds is 4. The zero-order chi connectivity index (χ0) is 16.8. The number of aryl methyl sites for hydroxylation is 1. The van der Waals surface area contributed by atoms with E-state index in [-0.39, 0.29) is 0 Å². The number of hydrogen-bond acceptors (Lipinski definition) is 0. The summed E-state index contributed by atoms with van der Waals surface area (Å²) >= 11 is 5.90. The molecule has 118 valence electrons. The summed E-state index contributed by atoms with van der Waals surface area (Å²) in [6.45, 7) is 2.10. The average molecular weight is 331 g/mol. The summed E-state index contributed by atoms with van der Waals surface area (Å²) in [6, 6.07) is 24.9. The molecule has 0 bridgehead atoms. The van der Waals surface area contributed by atoms with Crippen LogP contribution in [-0.2, 0) is 0 Å². The van der Waals surface area contributed by atoms with Gasteiger partial charge >= 0.3 is 0 Å². The maximum atomic E-state index is 5.90. The molecular weight excluding hydrogens is 312 g/mol. The molecule has 0 fully saturated rings.